The maximum atomic E-state index is 2.73. The molecule has 4 heteroatoms. The normalized spacial score (nSPS) is 14.3. The lowest BCUT2D eigenvalue weighted by molar-refractivity contribution is 1.12. The van der Waals surface area contributed by atoms with Crippen LogP contribution in [0, 0.1) is 0 Å². The fraction of sp³-hybridized carbons (Fsp3) is 0. The molecule has 0 N–H and O–H groups in total. The molecule has 58 heavy (non-hydrogen) atoms. The summed E-state index contributed by atoms with van der Waals surface area (Å²) in [6.07, 6.45) is 0. The minimum absolute atomic E-state index is 0.0618. The lowest BCUT2D eigenvalue weighted by atomic mass is 9.34. The molecule has 15 rings (SSSR count). The average molecular weight is 747 g/mol. The van der Waals surface area contributed by atoms with Gasteiger partial charge in [0.2, 0.25) is 0 Å². The molecule has 0 unspecified atom stereocenters. The molecule has 0 aliphatic carbocycles. The van der Waals surface area contributed by atoms with Crippen molar-refractivity contribution < 1.29 is 0 Å². The van der Waals surface area contributed by atoms with Crippen LogP contribution in [0.1, 0.15) is 0 Å². The Balaban J connectivity index is 1.22. The third kappa shape index (κ3) is 3.21. The molecule has 6 heterocycles. The Kier molecular flexibility index (Phi) is 5.30. The third-order valence-corrected chi connectivity index (χ3v) is 19.2. The number of aromatic nitrogens is 2. The number of fused-ring (bicyclic) bond motifs is 13. The summed E-state index contributed by atoms with van der Waals surface area (Å²) in [4.78, 5) is 0. The van der Waals surface area contributed by atoms with Gasteiger partial charge in [-0.25, -0.2) is 0 Å². The van der Waals surface area contributed by atoms with Crippen LogP contribution in [0.15, 0.2) is 188 Å². The van der Waals surface area contributed by atoms with Crippen LogP contribution >= 0.6 is 0 Å². The molecule has 0 fully saturated rings. The van der Waals surface area contributed by atoms with Gasteiger partial charge in [-0.05, 0) is 76.2 Å². The first-order valence-corrected chi connectivity index (χ1v) is 22.5. The number of hydrogen-bond donors (Lipinski definition) is 0. The molecular formula is C54H31BN2Si. The highest BCUT2D eigenvalue weighted by atomic mass is 28.3. The van der Waals surface area contributed by atoms with Gasteiger partial charge in [0.1, 0.15) is 0 Å². The fourth-order valence-electron chi connectivity index (χ4n) is 12.4. The van der Waals surface area contributed by atoms with Gasteiger partial charge in [-0.3, -0.25) is 0 Å². The zero-order chi connectivity index (χ0) is 37.4. The van der Waals surface area contributed by atoms with Gasteiger partial charge in [0.15, 0.2) is 8.07 Å². The summed E-state index contributed by atoms with van der Waals surface area (Å²) < 4.78 is 5.41. The van der Waals surface area contributed by atoms with Crippen LogP contribution in [0.4, 0.5) is 0 Å². The van der Waals surface area contributed by atoms with E-state index in [0.29, 0.717) is 0 Å². The smallest absolute Gasteiger partial charge is 0.252 e. The molecule has 0 amide bonds. The second kappa shape index (κ2) is 10.2. The largest absolute Gasteiger partial charge is 0.310 e. The summed E-state index contributed by atoms with van der Waals surface area (Å²) in [5, 5.41) is 12.7. The van der Waals surface area contributed by atoms with Crippen molar-refractivity contribution in [2.45, 2.75) is 0 Å². The Hall–Kier alpha value is -7.14. The van der Waals surface area contributed by atoms with E-state index in [2.05, 4.69) is 197 Å². The number of nitrogens with zero attached hydrogens (tertiary/aromatic N) is 2. The van der Waals surface area contributed by atoms with Gasteiger partial charge in [0, 0.05) is 38.6 Å². The molecule has 0 saturated heterocycles. The average Bonchev–Trinajstić information content (AvgIpc) is 3.93. The van der Waals surface area contributed by atoms with Crippen LogP contribution in [-0.2, 0) is 0 Å². The van der Waals surface area contributed by atoms with E-state index in [4.69, 9.17) is 0 Å². The second-order valence-corrected chi connectivity index (χ2v) is 20.3. The summed E-state index contributed by atoms with van der Waals surface area (Å²) >= 11 is 0. The molecule has 4 aliphatic heterocycles. The first kappa shape index (κ1) is 30.1. The van der Waals surface area contributed by atoms with Crippen molar-refractivity contribution in [3.63, 3.8) is 0 Å². The zero-order valence-corrected chi connectivity index (χ0v) is 32.4. The number of hydrogen-bond acceptors (Lipinski definition) is 0. The first-order chi connectivity index (χ1) is 28.8. The van der Waals surface area contributed by atoms with E-state index in [1.54, 1.807) is 0 Å². The first-order valence-electron chi connectivity index (χ1n) is 20.5. The Morgan fingerprint density at radius 1 is 0.414 bits per heavy atom. The van der Waals surface area contributed by atoms with E-state index in [9.17, 15) is 0 Å². The summed E-state index contributed by atoms with van der Waals surface area (Å²) in [6.45, 7) is 0.0618. The van der Waals surface area contributed by atoms with Crippen LogP contribution in [0.3, 0.4) is 0 Å². The number of benzene rings is 9. The number of rotatable bonds is 2. The van der Waals surface area contributed by atoms with Crippen molar-refractivity contribution in [2.24, 2.45) is 0 Å². The SMILES string of the molecule is c1ccc(-c2c(-c3ccccc3)n3c4c(cc5ccccc5c24)B2c4c-3ccc3c4-n4c5c2cccc5c2cccc(c24)[Si]32c3ccccc3-c3ccccc32)cc1. The van der Waals surface area contributed by atoms with Gasteiger partial charge in [0.25, 0.3) is 6.71 Å². The van der Waals surface area contributed by atoms with Gasteiger partial charge in [-0.15, -0.1) is 0 Å². The van der Waals surface area contributed by atoms with Crippen LogP contribution in [0.5, 0.6) is 0 Å². The lowest BCUT2D eigenvalue weighted by Gasteiger charge is -2.42. The standard InChI is InChI=1S/C54H31BN2Si/c1-3-15-32(16-4-1)47-48-35-20-8-7-19-34(35)31-41-53(48)56(50(47)33-17-5-2-6-18-33)42-29-30-46-54-49(42)55(41)40-25-13-23-38-39-24-14-28-45(52(39)57(54)51(38)40)58(46)43-26-11-9-21-36(43)37-22-10-12-27-44(37)58/h1-31H. The minimum atomic E-state index is -2.79. The maximum Gasteiger partial charge on any atom is 0.252 e. The van der Waals surface area contributed by atoms with Gasteiger partial charge in [-0.2, -0.15) is 0 Å². The molecule has 0 atom stereocenters. The van der Waals surface area contributed by atoms with Gasteiger partial charge in [0.05, 0.1) is 16.7 Å². The van der Waals surface area contributed by atoms with E-state index < -0.39 is 8.07 Å². The van der Waals surface area contributed by atoms with E-state index in [1.165, 1.54) is 126 Å². The predicted octanol–water partition coefficient (Wildman–Crippen LogP) is 8.03. The molecule has 2 nitrogen and oxygen atoms in total. The molecule has 0 saturated carbocycles. The Morgan fingerprint density at radius 3 is 1.81 bits per heavy atom. The topological polar surface area (TPSA) is 9.86 Å². The zero-order valence-electron chi connectivity index (χ0n) is 31.4. The van der Waals surface area contributed by atoms with Crippen LogP contribution < -0.4 is 37.1 Å². The fourth-order valence-corrected chi connectivity index (χ4v) is 17.9. The minimum Gasteiger partial charge on any atom is -0.310 e. The van der Waals surface area contributed by atoms with Crippen molar-refractivity contribution in [1.29, 1.82) is 0 Å². The van der Waals surface area contributed by atoms with Crippen molar-refractivity contribution in [3.8, 4) is 44.9 Å². The molecule has 4 aliphatic rings. The highest BCUT2D eigenvalue weighted by molar-refractivity contribution is 7.24. The molecular weight excluding hydrogens is 716 g/mol. The summed E-state index contributed by atoms with van der Waals surface area (Å²) in [5.41, 5.74) is 18.9. The molecule has 2 aromatic heterocycles. The monoisotopic (exact) mass is 746 g/mol. The van der Waals surface area contributed by atoms with E-state index in [1.807, 2.05) is 0 Å². The number of para-hydroxylation sites is 2. The van der Waals surface area contributed by atoms with Gasteiger partial charge < -0.3 is 9.13 Å². The van der Waals surface area contributed by atoms with Crippen LogP contribution in [0.2, 0.25) is 0 Å². The molecule has 1 spiro atoms. The summed E-state index contributed by atoms with van der Waals surface area (Å²) in [5.74, 6) is 0. The van der Waals surface area contributed by atoms with Crippen LogP contribution in [-0.4, -0.2) is 23.9 Å². The van der Waals surface area contributed by atoms with Crippen molar-refractivity contribution in [2.75, 3.05) is 0 Å². The van der Waals surface area contributed by atoms with E-state index in [-0.39, 0.29) is 6.71 Å². The van der Waals surface area contributed by atoms with Crippen molar-refractivity contribution >= 4 is 95.4 Å². The molecule has 0 radical (unpaired) electrons. The van der Waals surface area contributed by atoms with Crippen molar-refractivity contribution in [3.05, 3.63) is 188 Å². The summed E-state index contributed by atoms with van der Waals surface area (Å²) in [7, 11) is -2.79. The lowest BCUT2D eigenvalue weighted by Crippen LogP contribution is -2.76. The second-order valence-electron chi connectivity index (χ2n) is 16.7. The highest BCUT2D eigenvalue weighted by Gasteiger charge is 2.56. The summed E-state index contributed by atoms with van der Waals surface area (Å²) in [6, 6.07) is 72.1. The Bertz CT molecular complexity index is 3640. The quantitative estimate of drug-likeness (QED) is 0.159. The van der Waals surface area contributed by atoms with Gasteiger partial charge in [-0.1, -0.05) is 182 Å². The molecule has 0 bridgehead atoms. The van der Waals surface area contributed by atoms with Crippen LogP contribution in [0.25, 0.3) is 88.4 Å². The third-order valence-electron chi connectivity index (χ3n) is 14.3. The predicted molar refractivity (Wildman–Crippen MR) is 247 cm³/mol. The molecule has 264 valence electrons. The molecule has 11 aromatic rings. The van der Waals surface area contributed by atoms with Crippen molar-refractivity contribution in [1.82, 2.24) is 9.13 Å². The van der Waals surface area contributed by atoms with E-state index in [0.717, 1.165) is 0 Å². The van der Waals surface area contributed by atoms with E-state index >= 15 is 0 Å². The van der Waals surface area contributed by atoms with Gasteiger partial charge >= 0.3 is 0 Å². The highest BCUT2D eigenvalue weighted by Crippen LogP contribution is 2.48. The molecule has 9 aromatic carbocycles. The maximum absolute atomic E-state index is 2.79. The Labute approximate surface area is 336 Å². The Morgan fingerprint density at radius 2 is 1.03 bits per heavy atom.